The molecule has 19 heavy (non-hydrogen) atoms. The minimum Gasteiger partial charge on any atom is -0.494 e. The van der Waals surface area contributed by atoms with Crippen LogP contribution in [0, 0.1) is 10.1 Å². The number of nitro groups is 1. The molecule has 1 fully saturated rings. The number of benzene rings is 1. The summed E-state index contributed by atoms with van der Waals surface area (Å²) in [5.74, 6) is 0.641. The largest absolute Gasteiger partial charge is 0.494 e. The summed E-state index contributed by atoms with van der Waals surface area (Å²) in [6, 6.07) is 5.00. The lowest BCUT2D eigenvalue weighted by atomic mass is 10.1. The van der Waals surface area contributed by atoms with Gasteiger partial charge in [0.1, 0.15) is 11.4 Å². The highest BCUT2D eigenvalue weighted by Crippen LogP contribution is 2.30. The molecule has 104 valence electrons. The van der Waals surface area contributed by atoms with Crippen molar-refractivity contribution in [3.8, 4) is 5.75 Å². The quantitative estimate of drug-likeness (QED) is 0.655. The van der Waals surface area contributed by atoms with Crippen LogP contribution in [0.2, 0.25) is 0 Å². The average Bonchev–Trinajstić information content (AvgIpc) is 2.40. The van der Waals surface area contributed by atoms with Gasteiger partial charge in [0.25, 0.3) is 5.69 Å². The zero-order valence-corrected chi connectivity index (χ0v) is 10.9. The van der Waals surface area contributed by atoms with Gasteiger partial charge in [0.15, 0.2) is 0 Å². The first-order valence-electron chi connectivity index (χ1n) is 6.46. The molecule has 1 aliphatic rings. The summed E-state index contributed by atoms with van der Waals surface area (Å²) in [5.41, 5.74) is 0.595. The second-order valence-corrected chi connectivity index (χ2v) is 4.40. The Hall–Kier alpha value is -1.82. The fourth-order valence-corrected chi connectivity index (χ4v) is 2.11. The van der Waals surface area contributed by atoms with Crippen LogP contribution in [-0.2, 0) is 4.74 Å². The van der Waals surface area contributed by atoms with Gasteiger partial charge in [0.05, 0.1) is 11.5 Å². The van der Waals surface area contributed by atoms with Gasteiger partial charge in [-0.25, -0.2) is 0 Å². The van der Waals surface area contributed by atoms with E-state index in [9.17, 15) is 10.1 Å². The molecular formula is C13H18N2O4. The highest BCUT2D eigenvalue weighted by molar-refractivity contribution is 5.64. The molecular weight excluding hydrogens is 248 g/mol. The Morgan fingerprint density at radius 2 is 2.21 bits per heavy atom. The van der Waals surface area contributed by atoms with Crippen LogP contribution in [0.3, 0.4) is 0 Å². The lowest BCUT2D eigenvalue weighted by molar-refractivity contribution is -0.384. The Labute approximate surface area is 111 Å². The van der Waals surface area contributed by atoms with Crippen LogP contribution in [-0.4, -0.2) is 30.8 Å². The van der Waals surface area contributed by atoms with Gasteiger partial charge in [-0.2, -0.15) is 0 Å². The zero-order chi connectivity index (χ0) is 13.7. The molecule has 1 aliphatic heterocycles. The Bertz CT molecular complexity index is 444. The van der Waals surface area contributed by atoms with Crippen molar-refractivity contribution >= 4 is 11.4 Å². The number of hydrogen-bond donors (Lipinski definition) is 1. The number of nitrogens with zero attached hydrogens (tertiary/aromatic N) is 1. The SMILES string of the molecule is CCOc1ccc([N+](=O)[O-])c(NC2CCOCC2)c1. The summed E-state index contributed by atoms with van der Waals surface area (Å²) in [6.07, 6.45) is 1.71. The molecule has 0 aromatic heterocycles. The lowest BCUT2D eigenvalue weighted by Gasteiger charge is -2.24. The second-order valence-electron chi connectivity index (χ2n) is 4.40. The molecule has 0 aliphatic carbocycles. The smallest absolute Gasteiger partial charge is 0.292 e. The van der Waals surface area contributed by atoms with E-state index in [1.165, 1.54) is 6.07 Å². The number of hydrogen-bond acceptors (Lipinski definition) is 5. The van der Waals surface area contributed by atoms with Gasteiger partial charge in [-0.15, -0.1) is 0 Å². The maximum atomic E-state index is 11.0. The van der Waals surface area contributed by atoms with Gasteiger partial charge < -0.3 is 14.8 Å². The summed E-state index contributed by atoms with van der Waals surface area (Å²) < 4.78 is 10.7. The third-order valence-corrected chi connectivity index (χ3v) is 3.06. The van der Waals surface area contributed by atoms with Crippen molar-refractivity contribution in [2.75, 3.05) is 25.1 Å². The van der Waals surface area contributed by atoms with E-state index in [-0.39, 0.29) is 16.7 Å². The van der Waals surface area contributed by atoms with Gasteiger partial charge in [-0.05, 0) is 25.8 Å². The van der Waals surface area contributed by atoms with Gasteiger partial charge in [-0.3, -0.25) is 10.1 Å². The molecule has 1 saturated heterocycles. The van der Waals surface area contributed by atoms with Crippen molar-refractivity contribution in [1.29, 1.82) is 0 Å². The Kier molecular flexibility index (Phi) is 4.57. The van der Waals surface area contributed by atoms with E-state index in [1.807, 2.05) is 6.92 Å². The monoisotopic (exact) mass is 266 g/mol. The average molecular weight is 266 g/mol. The van der Waals surface area contributed by atoms with Gasteiger partial charge >= 0.3 is 0 Å². The van der Waals surface area contributed by atoms with Crippen LogP contribution in [0.4, 0.5) is 11.4 Å². The minimum atomic E-state index is -0.378. The van der Waals surface area contributed by atoms with Crippen molar-refractivity contribution in [3.05, 3.63) is 28.3 Å². The molecule has 0 atom stereocenters. The number of ether oxygens (including phenoxy) is 2. The molecule has 1 N–H and O–H groups in total. The fourth-order valence-electron chi connectivity index (χ4n) is 2.11. The molecule has 2 rings (SSSR count). The van der Waals surface area contributed by atoms with E-state index >= 15 is 0 Å². The van der Waals surface area contributed by atoms with Gasteiger partial charge in [0.2, 0.25) is 0 Å². The summed E-state index contributed by atoms with van der Waals surface area (Å²) in [4.78, 5) is 10.7. The third-order valence-electron chi connectivity index (χ3n) is 3.06. The summed E-state index contributed by atoms with van der Waals surface area (Å²) in [5, 5.41) is 14.3. The minimum absolute atomic E-state index is 0.0787. The van der Waals surface area contributed by atoms with E-state index in [0.717, 1.165) is 12.8 Å². The Balaban J connectivity index is 2.18. The van der Waals surface area contributed by atoms with Crippen LogP contribution in [0.15, 0.2) is 18.2 Å². The summed E-state index contributed by atoms with van der Waals surface area (Å²) in [7, 11) is 0. The molecule has 0 spiro atoms. The van der Waals surface area contributed by atoms with Gasteiger partial charge in [0, 0.05) is 31.4 Å². The number of nitro benzene ring substituents is 1. The molecule has 6 heteroatoms. The van der Waals surface area contributed by atoms with Crippen molar-refractivity contribution in [3.63, 3.8) is 0 Å². The summed E-state index contributed by atoms with van der Waals surface area (Å²) >= 11 is 0. The molecule has 0 bridgehead atoms. The Morgan fingerprint density at radius 3 is 2.84 bits per heavy atom. The number of rotatable bonds is 5. The molecule has 0 amide bonds. The van der Waals surface area contributed by atoms with Crippen molar-refractivity contribution in [1.82, 2.24) is 0 Å². The predicted molar refractivity (Wildman–Crippen MR) is 71.7 cm³/mol. The van der Waals surface area contributed by atoms with Crippen LogP contribution >= 0.6 is 0 Å². The molecule has 1 heterocycles. The van der Waals surface area contributed by atoms with Crippen LogP contribution < -0.4 is 10.1 Å². The van der Waals surface area contributed by atoms with E-state index in [1.54, 1.807) is 12.1 Å². The van der Waals surface area contributed by atoms with Crippen LogP contribution in [0.25, 0.3) is 0 Å². The Morgan fingerprint density at radius 1 is 1.47 bits per heavy atom. The first-order valence-corrected chi connectivity index (χ1v) is 6.46. The highest BCUT2D eigenvalue weighted by atomic mass is 16.6. The van der Waals surface area contributed by atoms with Crippen LogP contribution in [0.1, 0.15) is 19.8 Å². The first-order chi connectivity index (χ1) is 9.20. The molecule has 0 saturated carbocycles. The van der Waals surface area contributed by atoms with E-state index in [0.29, 0.717) is 31.3 Å². The van der Waals surface area contributed by atoms with Crippen molar-refractivity contribution in [2.45, 2.75) is 25.8 Å². The van der Waals surface area contributed by atoms with Crippen molar-refractivity contribution < 1.29 is 14.4 Å². The standard InChI is InChI=1S/C13H18N2O4/c1-2-19-11-3-4-13(15(16)17)12(9-11)14-10-5-7-18-8-6-10/h3-4,9-10,14H,2,5-8H2,1H3. The topological polar surface area (TPSA) is 73.6 Å². The highest BCUT2D eigenvalue weighted by Gasteiger charge is 2.20. The normalized spacial score (nSPS) is 16.1. The summed E-state index contributed by atoms with van der Waals surface area (Å²) in [6.45, 7) is 3.80. The van der Waals surface area contributed by atoms with Crippen molar-refractivity contribution in [2.24, 2.45) is 0 Å². The van der Waals surface area contributed by atoms with E-state index in [2.05, 4.69) is 5.32 Å². The first kappa shape index (κ1) is 13.6. The van der Waals surface area contributed by atoms with Gasteiger partial charge in [-0.1, -0.05) is 0 Å². The maximum absolute atomic E-state index is 11.0. The predicted octanol–water partition coefficient (Wildman–Crippen LogP) is 2.58. The zero-order valence-electron chi connectivity index (χ0n) is 10.9. The molecule has 0 radical (unpaired) electrons. The molecule has 1 aromatic carbocycles. The van der Waals surface area contributed by atoms with E-state index in [4.69, 9.17) is 9.47 Å². The lowest BCUT2D eigenvalue weighted by Crippen LogP contribution is -2.28. The van der Waals surface area contributed by atoms with Crippen LogP contribution in [0.5, 0.6) is 5.75 Å². The molecule has 0 unspecified atom stereocenters. The number of anilines is 1. The van der Waals surface area contributed by atoms with E-state index < -0.39 is 0 Å². The fraction of sp³-hybridized carbons (Fsp3) is 0.538. The third kappa shape index (κ3) is 3.57. The second kappa shape index (κ2) is 6.38. The maximum Gasteiger partial charge on any atom is 0.292 e. The number of nitrogens with one attached hydrogen (secondary N) is 1. The molecule has 1 aromatic rings. The molecule has 6 nitrogen and oxygen atoms in total.